The largest absolute Gasteiger partial charge is 0.493 e. The minimum Gasteiger partial charge on any atom is -0.493 e. The third kappa shape index (κ3) is 5.01. The van der Waals surface area contributed by atoms with E-state index in [0.717, 1.165) is 22.4 Å². The van der Waals surface area contributed by atoms with Crippen LogP contribution in [0.1, 0.15) is 27.2 Å². The van der Waals surface area contributed by atoms with Gasteiger partial charge >= 0.3 is 0 Å². The first kappa shape index (κ1) is 20.1. The number of hydrogen-bond donors (Lipinski definition) is 2. The van der Waals surface area contributed by atoms with Crippen LogP contribution in [0.4, 0.5) is 11.6 Å². The normalized spacial score (nSPS) is 10.3. The number of amides is 1. The number of benzene rings is 2. The Morgan fingerprint density at radius 3 is 2.52 bits per heavy atom. The van der Waals surface area contributed by atoms with Gasteiger partial charge in [-0.2, -0.15) is 0 Å². The van der Waals surface area contributed by atoms with Gasteiger partial charge in [0.25, 0.3) is 5.91 Å². The lowest BCUT2D eigenvalue weighted by atomic mass is 10.1. The van der Waals surface area contributed by atoms with Crippen LogP contribution in [0, 0.1) is 13.8 Å². The average Bonchev–Trinajstić information content (AvgIpc) is 2.74. The van der Waals surface area contributed by atoms with E-state index in [1.165, 1.54) is 0 Å². The topological polar surface area (TPSA) is 85.4 Å². The standard InChI is InChI=1S/C22H24N4O3/c1-14-5-7-17(15(2)11-14)25-21(27)18-9-10-23-22(26-18)24-13-16-6-8-19(28-3)20(12-16)29-4/h5-12H,13H2,1-4H3,(H,25,27)(H,23,24,26). The molecule has 3 rings (SSSR count). The summed E-state index contributed by atoms with van der Waals surface area (Å²) in [6.45, 7) is 4.45. The average molecular weight is 392 g/mol. The molecule has 0 aliphatic carbocycles. The molecule has 0 unspecified atom stereocenters. The first-order valence-electron chi connectivity index (χ1n) is 9.16. The van der Waals surface area contributed by atoms with Gasteiger partial charge in [-0.05, 0) is 49.2 Å². The van der Waals surface area contributed by atoms with Crippen molar-refractivity contribution in [1.82, 2.24) is 9.97 Å². The number of rotatable bonds is 7. The van der Waals surface area contributed by atoms with Gasteiger partial charge in [0.05, 0.1) is 14.2 Å². The number of hydrogen-bond acceptors (Lipinski definition) is 6. The predicted octanol–water partition coefficient (Wildman–Crippen LogP) is 3.98. The molecule has 2 aromatic carbocycles. The number of carbonyl (C=O) groups excluding carboxylic acids is 1. The van der Waals surface area contributed by atoms with Gasteiger partial charge in [0.1, 0.15) is 5.69 Å². The minimum atomic E-state index is -0.284. The molecule has 0 aliphatic heterocycles. The van der Waals surface area contributed by atoms with Gasteiger partial charge in [-0.1, -0.05) is 23.8 Å². The number of carbonyl (C=O) groups is 1. The molecule has 150 valence electrons. The second-order valence-electron chi connectivity index (χ2n) is 6.58. The Balaban J connectivity index is 1.68. The van der Waals surface area contributed by atoms with Crippen molar-refractivity contribution in [2.45, 2.75) is 20.4 Å². The quantitative estimate of drug-likeness (QED) is 0.633. The van der Waals surface area contributed by atoms with Gasteiger partial charge in [0, 0.05) is 18.4 Å². The molecule has 3 aromatic rings. The van der Waals surface area contributed by atoms with E-state index >= 15 is 0 Å². The minimum absolute atomic E-state index is 0.284. The fourth-order valence-corrected chi connectivity index (χ4v) is 2.88. The Bertz CT molecular complexity index is 1020. The zero-order chi connectivity index (χ0) is 20.8. The molecule has 0 spiro atoms. The van der Waals surface area contributed by atoms with Crippen molar-refractivity contribution >= 4 is 17.5 Å². The van der Waals surface area contributed by atoms with Crippen molar-refractivity contribution in [3.8, 4) is 11.5 Å². The second-order valence-corrected chi connectivity index (χ2v) is 6.58. The molecule has 7 heteroatoms. The highest BCUT2D eigenvalue weighted by molar-refractivity contribution is 6.03. The van der Waals surface area contributed by atoms with Gasteiger partial charge in [0.2, 0.25) is 5.95 Å². The number of aryl methyl sites for hydroxylation is 2. The van der Waals surface area contributed by atoms with Crippen LogP contribution in [-0.4, -0.2) is 30.1 Å². The van der Waals surface area contributed by atoms with Crippen molar-refractivity contribution in [3.05, 3.63) is 71.0 Å². The summed E-state index contributed by atoms with van der Waals surface area (Å²) in [6.07, 6.45) is 1.56. The Morgan fingerprint density at radius 1 is 1.00 bits per heavy atom. The number of methoxy groups -OCH3 is 2. The van der Waals surface area contributed by atoms with Gasteiger partial charge in [-0.25, -0.2) is 9.97 Å². The molecular weight excluding hydrogens is 368 g/mol. The number of anilines is 2. The smallest absolute Gasteiger partial charge is 0.274 e. The predicted molar refractivity (Wildman–Crippen MR) is 113 cm³/mol. The van der Waals surface area contributed by atoms with Crippen LogP contribution in [0.2, 0.25) is 0 Å². The van der Waals surface area contributed by atoms with E-state index in [4.69, 9.17) is 9.47 Å². The van der Waals surface area contributed by atoms with Crippen molar-refractivity contribution in [2.75, 3.05) is 24.9 Å². The first-order chi connectivity index (χ1) is 14.0. The van der Waals surface area contributed by atoms with Crippen LogP contribution in [0.25, 0.3) is 0 Å². The van der Waals surface area contributed by atoms with Gasteiger partial charge < -0.3 is 20.1 Å². The van der Waals surface area contributed by atoms with Gasteiger partial charge in [-0.15, -0.1) is 0 Å². The summed E-state index contributed by atoms with van der Waals surface area (Å²) in [5, 5.41) is 6.02. The summed E-state index contributed by atoms with van der Waals surface area (Å²) in [5.74, 6) is 1.40. The lowest BCUT2D eigenvalue weighted by Crippen LogP contribution is -2.16. The van der Waals surface area contributed by atoms with Crippen LogP contribution in [0.5, 0.6) is 11.5 Å². The van der Waals surface area contributed by atoms with E-state index in [9.17, 15) is 4.79 Å². The summed E-state index contributed by atoms with van der Waals surface area (Å²) in [5.41, 5.74) is 4.16. The fraction of sp³-hybridized carbons (Fsp3) is 0.227. The second kappa shape index (κ2) is 9.05. The molecule has 2 N–H and O–H groups in total. The maximum atomic E-state index is 12.6. The van der Waals surface area contributed by atoms with Crippen LogP contribution in [0.15, 0.2) is 48.7 Å². The highest BCUT2D eigenvalue weighted by Gasteiger charge is 2.11. The SMILES string of the molecule is COc1ccc(CNc2nccc(C(=O)Nc3ccc(C)cc3C)n2)cc1OC. The van der Waals surface area contributed by atoms with Crippen molar-refractivity contribution in [2.24, 2.45) is 0 Å². The van der Waals surface area contributed by atoms with Gasteiger partial charge in [-0.3, -0.25) is 4.79 Å². The summed E-state index contributed by atoms with van der Waals surface area (Å²) in [4.78, 5) is 21.1. The molecule has 0 saturated heterocycles. The number of nitrogens with zero attached hydrogens (tertiary/aromatic N) is 2. The summed E-state index contributed by atoms with van der Waals surface area (Å²) < 4.78 is 10.6. The number of ether oxygens (including phenoxy) is 2. The molecule has 0 bridgehead atoms. The van der Waals surface area contributed by atoms with Gasteiger partial charge in [0.15, 0.2) is 11.5 Å². The molecule has 7 nitrogen and oxygen atoms in total. The molecule has 0 atom stereocenters. The molecule has 1 aromatic heterocycles. The molecule has 0 saturated carbocycles. The van der Waals surface area contributed by atoms with Crippen LogP contribution >= 0.6 is 0 Å². The monoisotopic (exact) mass is 392 g/mol. The van der Waals surface area contributed by atoms with Crippen LogP contribution < -0.4 is 20.1 Å². The van der Waals surface area contributed by atoms with E-state index in [0.29, 0.717) is 24.0 Å². The van der Waals surface area contributed by atoms with E-state index in [1.54, 1.807) is 26.5 Å². The van der Waals surface area contributed by atoms with E-state index in [2.05, 4.69) is 20.6 Å². The fourth-order valence-electron chi connectivity index (χ4n) is 2.88. The molecule has 0 aliphatic rings. The van der Waals surface area contributed by atoms with Crippen LogP contribution in [-0.2, 0) is 6.54 Å². The number of aromatic nitrogens is 2. The molecule has 1 amide bonds. The van der Waals surface area contributed by atoms with E-state index in [-0.39, 0.29) is 11.6 Å². The summed E-state index contributed by atoms with van der Waals surface area (Å²) in [7, 11) is 3.19. The maximum absolute atomic E-state index is 12.6. The van der Waals surface area contributed by atoms with E-state index < -0.39 is 0 Å². The molecular formula is C22H24N4O3. The first-order valence-corrected chi connectivity index (χ1v) is 9.16. The Hall–Kier alpha value is -3.61. The van der Waals surface area contributed by atoms with Crippen molar-refractivity contribution < 1.29 is 14.3 Å². The molecule has 0 radical (unpaired) electrons. The number of nitrogens with one attached hydrogen (secondary N) is 2. The highest BCUT2D eigenvalue weighted by atomic mass is 16.5. The third-order valence-electron chi connectivity index (χ3n) is 4.42. The molecule has 29 heavy (non-hydrogen) atoms. The Morgan fingerprint density at radius 2 is 1.79 bits per heavy atom. The van der Waals surface area contributed by atoms with Crippen molar-refractivity contribution in [3.63, 3.8) is 0 Å². The molecule has 0 fully saturated rings. The molecule has 1 heterocycles. The summed E-state index contributed by atoms with van der Waals surface area (Å²) in [6, 6.07) is 13.1. The lowest BCUT2D eigenvalue weighted by molar-refractivity contribution is 0.102. The van der Waals surface area contributed by atoms with Crippen LogP contribution in [0.3, 0.4) is 0 Å². The Labute approximate surface area is 170 Å². The zero-order valence-corrected chi connectivity index (χ0v) is 16.9. The summed E-state index contributed by atoms with van der Waals surface area (Å²) >= 11 is 0. The zero-order valence-electron chi connectivity index (χ0n) is 16.9. The lowest BCUT2D eigenvalue weighted by Gasteiger charge is -2.11. The van der Waals surface area contributed by atoms with E-state index in [1.807, 2.05) is 50.2 Å². The third-order valence-corrected chi connectivity index (χ3v) is 4.42. The maximum Gasteiger partial charge on any atom is 0.274 e. The Kier molecular flexibility index (Phi) is 6.29. The van der Waals surface area contributed by atoms with Crippen molar-refractivity contribution in [1.29, 1.82) is 0 Å². The highest BCUT2D eigenvalue weighted by Crippen LogP contribution is 2.27.